The Labute approximate surface area is 119 Å². The average Bonchev–Trinajstić information content (AvgIpc) is 2.46. The summed E-state index contributed by atoms with van der Waals surface area (Å²) < 4.78 is 31.2. The minimum atomic E-state index is -0.655. The molecule has 0 aliphatic carbocycles. The summed E-state index contributed by atoms with van der Waals surface area (Å²) in [6.45, 7) is 0. The standard InChI is InChI=1S/C15H12F2O2S/c1-19-12-5-2-10(3-6-12)14(18)9-20-15-7-4-11(16)8-13(15)17/h2-8H,9H2,1H3. The van der Waals surface area contributed by atoms with E-state index >= 15 is 0 Å². The van der Waals surface area contributed by atoms with Crippen LogP contribution in [0.2, 0.25) is 0 Å². The summed E-state index contributed by atoms with van der Waals surface area (Å²) >= 11 is 1.05. The molecule has 0 unspecified atom stereocenters. The quantitative estimate of drug-likeness (QED) is 0.617. The van der Waals surface area contributed by atoms with Crippen LogP contribution in [-0.4, -0.2) is 18.6 Å². The molecule has 0 spiro atoms. The van der Waals surface area contributed by atoms with Gasteiger partial charge in [-0.2, -0.15) is 0 Å². The van der Waals surface area contributed by atoms with Crippen molar-refractivity contribution in [1.82, 2.24) is 0 Å². The lowest BCUT2D eigenvalue weighted by Gasteiger charge is -2.04. The topological polar surface area (TPSA) is 26.3 Å². The molecule has 0 amide bonds. The van der Waals surface area contributed by atoms with Crippen molar-refractivity contribution < 1.29 is 18.3 Å². The molecule has 0 N–H and O–H groups in total. The van der Waals surface area contributed by atoms with Gasteiger partial charge in [0.25, 0.3) is 0 Å². The SMILES string of the molecule is COc1ccc(C(=O)CSc2ccc(F)cc2F)cc1. The molecule has 2 rings (SSSR count). The molecular weight excluding hydrogens is 282 g/mol. The van der Waals surface area contributed by atoms with Crippen molar-refractivity contribution in [3.63, 3.8) is 0 Å². The molecule has 0 aromatic heterocycles. The molecule has 104 valence electrons. The van der Waals surface area contributed by atoms with E-state index in [1.807, 2.05) is 0 Å². The third kappa shape index (κ3) is 3.57. The number of hydrogen-bond donors (Lipinski definition) is 0. The van der Waals surface area contributed by atoms with Crippen LogP contribution >= 0.6 is 11.8 Å². The number of carbonyl (C=O) groups excluding carboxylic acids is 1. The second kappa shape index (κ2) is 6.52. The first kappa shape index (κ1) is 14.5. The first-order valence-electron chi connectivity index (χ1n) is 5.85. The lowest BCUT2D eigenvalue weighted by Crippen LogP contribution is -2.02. The van der Waals surface area contributed by atoms with Crippen LogP contribution in [0.5, 0.6) is 5.75 Å². The largest absolute Gasteiger partial charge is 0.497 e. The zero-order chi connectivity index (χ0) is 14.5. The minimum absolute atomic E-state index is 0.0921. The Morgan fingerprint density at radius 3 is 2.45 bits per heavy atom. The molecule has 2 aromatic carbocycles. The van der Waals surface area contributed by atoms with Crippen LogP contribution in [0, 0.1) is 11.6 Å². The Morgan fingerprint density at radius 2 is 1.85 bits per heavy atom. The number of hydrogen-bond acceptors (Lipinski definition) is 3. The second-order valence-electron chi connectivity index (χ2n) is 4.02. The summed E-state index contributed by atoms with van der Waals surface area (Å²) in [4.78, 5) is 12.2. The number of halogens is 2. The molecular formula is C15H12F2O2S. The van der Waals surface area contributed by atoms with Crippen molar-refractivity contribution in [1.29, 1.82) is 0 Å². The number of Topliss-reactive ketones (excluding diaryl/α,β-unsaturated/α-hetero) is 1. The van der Waals surface area contributed by atoms with E-state index < -0.39 is 11.6 Å². The summed E-state index contributed by atoms with van der Waals surface area (Å²) in [7, 11) is 1.55. The molecule has 0 saturated heterocycles. The van der Waals surface area contributed by atoms with Crippen molar-refractivity contribution in [2.45, 2.75) is 4.90 Å². The number of carbonyl (C=O) groups is 1. The van der Waals surface area contributed by atoms with Gasteiger partial charge in [0.2, 0.25) is 0 Å². The van der Waals surface area contributed by atoms with Crippen molar-refractivity contribution in [3.05, 3.63) is 59.7 Å². The minimum Gasteiger partial charge on any atom is -0.497 e. The average molecular weight is 294 g/mol. The Hall–Kier alpha value is -1.88. The van der Waals surface area contributed by atoms with Gasteiger partial charge in [0.1, 0.15) is 17.4 Å². The Morgan fingerprint density at radius 1 is 1.15 bits per heavy atom. The zero-order valence-corrected chi connectivity index (χ0v) is 11.5. The van der Waals surface area contributed by atoms with Gasteiger partial charge in [-0.1, -0.05) is 0 Å². The van der Waals surface area contributed by atoms with Crippen molar-refractivity contribution in [2.75, 3.05) is 12.9 Å². The lowest BCUT2D eigenvalue weighted by molar-refractivity contribution is 0.102. The fourth-order valence-electron chi connectivity index (χ4n) is 1.60. The van der Waals surface area contributed by atoms with Crippen molar-refractivity contribution in [2.24, 2.45) is 0 Å². The van der Waals surface area contributed by atoms with Crippen LogP contribution in [0.4, 0.5) is 8.78 Å². The molecule has 0 fully saturated rings. The monoisotopic (exact) mass is 294 g/mol. The number of benzene rings is 2. The van der Waals surface area contributed by atoms with E-state index in [1.165, 1.54) is 12.1 Å². The number of thioether (sulfide) groups is 1. The highest BCUT2D eigenvalue weighted by Gasteiger charge is 2.10. The Bertz CT molecular complexity index is 612. The Kier molecular flexibility index (Phi) is 4.74. The van der Waals surface area contributed by atoms with E-state index in [4.69, 9.17) is 4.74 Å². The van der Waals surface area contributed by atoms with E-state index in [2.05, 4.69) is 0 Å². The van der Waals surface area contributed by atoms with Gasteiger partial charge in [-0.25, -0.2) is 8.78 Å². The van der Waals surface area contributed by atoms with Crippen molar-refractivity contribution in [3.8, 4) is 5.75 Å². The van der Waals surface area contributed by atoms with Gasteiger partial charge in [-0.05, 0) is 36.4 Å². The highest BCUT2D eigenvalue weighted by atomic mass is 32.2. The molecule has 0 atom stereocenters. The fraction of sp³-hybridized carbons (Fsp3) is 0.133. The normalized spacial score (nSPS) is 10.3. The molecule has 0 saturated carbocycles. The van der Waals surface area contributed by atoms with Gasteiger partial charge in [-0.15, -0.1) is 11.8 Å². The van der Waals surface area contributed by atoms with Crippen LogP contribution in [0.25, 0.3) is 0 Å². The van der Waals surface area contributed by atoms with Gasteiger partial charge in [0.15, 0.2) is 5.78 Å². The summed E-state index contributed by atoms with van der Waals surface area (Å²) in [6, 6.07) is 10.00. The molecule has 5 heteroatoms. The summed E-state index contributed by atoms with van der Waals surface area (Å²) in [5.41, 5.74) is 0.529. The summed E-state index contributed by atoms with van der Waals surface area (Å²) in [6.07, 6.45) is 0. The molecule has 0 bridgehead atoms. The van der Waals surface area contributed by atoms with Crippen LogP contribution < -0.4 is 4.74 Å². The zero-order valence-electron chi connectivity index (χ0n) is 10.7. The van der Waals surface area contributed by atoms with Gasteiger partial charge in [-0.3, -0.25) is 4.79 Å². The third-order valence-corrected chi connectivity index (χ3v) is 3.71. The lowest BCUT2D eigenvalue weighted by atomic mass is 10.1. The van der Waals surface area contributed by atoms with Gasteiger partial charge in [0.05, 0.1) is 12.9 Å². The maximum atomic E-state index is 13.4. The maximum Gasteiger partial charge on any atom is 0.173 e. The summed E-state index contributed by atoms with van der Waals surface area (Å²) in [5.74, 6) is -0.652. The predicted octanol–water partition coefficient (Wildman–Crippen LogP) is 3.95. The second-order valence-corrected chi connectivity index (χ2v) is 5.03. The molecule has 0 heterocycles. The van der Waals surface area contributed by atoms with E-state index in [-0.39, 0.29) is 16.4 Å². The van der Waals surface area contributed by atoms with Gasteiger partial charge < -0.3 is 4.74 Å². The Balaban J connectivity index is 2.00. The summed E-state index contributed by atoms with van der Waals surface area (Å²) in [5, 5.41) is 0. The molecule has 20 heavy (non-hydrogen) atoms. The van der Waals surface area contributed by atoms with Crippen LogP contribution in [0.15, 0.2) is 47.4 Å². The fourth-order valence-corrected chi connectivity index (χ4v) is 2.41. The number of methoxy groups -OCH3 is 1. The maximum absolute atomic E-state index is 13.4. The van der Waals surface area contributed by atoms with Gasteiger partial charge >= 0.3 is 0 Å². The van der Waals surface area contributed by atoms with Crippen LogP contribution in [0.1, 0.15) is 10.4 Å². The van der Waals surface area contributed by atoms with E-state index in [1.54, 1.807) is 31.4 Å². The highest BCUT2D eigenvalue weighted by molar-refractivity contribution is 8.00. The number of ether oxygens (including phenoxy) is 1. The van der Waals surface area contributed by atoms with E-state index in [0.717, 1.165) is 17.8 Å². The van der Waals surface area contributed by atoms with Gasteiger partial charge in [0, 0.05) is 16.5 Å². The first-order valence-corrected chi connectivity index (χ1v) is 6.84. The van der Waals surface area contributed by atoms with E-state index in [9.17, 15) is 13.6 Å². The smallest absolute Gasteiger partial charge is 0.173 e. The third-order valence-electron chi connectivity index (χ3n) is 2.66. The predicted molar refractivity (Wildman–Crippen MR) is 74.4 cm³/mol. The number of ketones is 1. The molecule has 0 aliphatic rings. The molecule has 0 radical (unpaired) electrons. The van der Waals surface area contributed by atoms with Crippen LogP contribution in [-0.2, 0) is 0 Å². The molecule has 0 aliphatic heterocycles. The number of rotatable bonds is 5. The van der Waals surface area contributed by atoms with E-state index in [0.29, 0.717) is 11.3 Å². The molecule has 2 nitrogen and oxygen atoms in total. The van der Waals surface area contributed by atoms with Crippen LogP contribution in [0.3, 0.4) is 0 Å². The van der Waals surface area contributed by atoms with Crippen molar-refractivity contribution >= 4 is 17.5 Å². The highest BCUT2D eigenvalue weighted by Crippen LogP contribution is 2.23. The molecule has 2 aromatic rings. The first-order chi connectivity index (χ1) is 9.60.